The zero-order valence-electron chi connectivity index (χ0n) is 38.3. The summed E-state index contributed by atoms with van der Waals surface area (Å²) >= 11 is 0. The SMILES string of the molecule is CC(C)OCCC(C)(C)OCC(COC(C)(C)CCOC(C)C)OCCC(C)(C)OCCC(C)(C)OC(COC(C)N=[N+]=[N-])COC(C)(C)CCOC(C)C. The number of hydrogen-bond donors (Lipinski definition) is 0. The maximum atomic E-state index is 8.82. The van der Waals surface area contributed by atoms with Crippen LogP contribution in [0.25, 0.3) is 10.4 Å². The van der Waals surface area contributed by atoms with Gasteiger partial charge in [-0.15, -0.1) is 0 Å². The third-order valence-electron chi connectivity index (χ3n) is 8.92. The molecule has 0 spiro atoms. The molecule has 0 N–H and O–H groups in total. The van der Waals surface area contributed by atoms with Crippen molar-refractivity contribution in [1.82, 2.24) is 0 Å². The molecule has 13 heteroatoms. The predicted octanol–water partition coefficient (Wildman–Crippen LogP) is 9.61. The van der Waals surface area contributed by atoms with Crippen LogP contribution in [0.3, 0.4) is 0 Å². The van der Waals surface area contributed by atoms with Crippen LogP contribution in [-0.4, -0.2) is 124 Å². The van der Waals surface area contributed by atoms with Crippen LogP contribution in [0.15, 0.2) is 5.11 Å². The van der Waals surface area contributed by atoms with Gasteiger partial charge in [0.1, 0.15) is 18.4 Å². The lowest BCUT2D eigenvalue weighted by atomic mass is 10.0. The third kappa shape index (κ3) is 31.6. The van der Waals surface area contributed by atoms with Gasteiger partial charge in [0, 0.05) is 31.3 Å². The van der Waals surface area contributed by atoms with Crippen molar-refractivity contribution in [3.8, 4) is 0 Å². The summed E-state index contributed by atoms with van der Waals surface area (Å²) in [5.41, 5.74) is 6.68. The topological polar surface area (TPSA) is 141 Å². The molecule has 2 unspecified atom stereocenters. The Morgan fingerprint density at radius 3 is 1.15 bits per heavy atom. The minimum atomic E-state index is -0.623. The molecule has 0 aliphatic carbocycles. The second-order valence-corrected chi connectivity index (χ2v) is 18.5. The van der Waals surface area contributed by atoms with Crippen LogP contribution in [0.2, 0.25) is 0 Å². The van der Waals surface area contributed by atoms with Gasteiger partial charge in [0.05, 0.1) is 79.4 Å². The standard InChI is InChI=1S/C42H85N3O10/c1-32(2)46-23-18-39(10,11)52-29-36(30-53-40(12,13)19-24-47-33(3)4)49-26-21-38(8,9)51-27-22-42(16,17)55-37(28-50-35(7)44-45-43)31-54-41(14,15)20-25-48-34(5)6/h32-37H,18-31H2,1-17H3. The van der Waals surface area contributed by atoms with Crippen LogP contribution >= 0.6 is 0 Å². The summed E-state index contributed by atoms with van der Waals surface area (Å²) in [6.45, 7) is 38.7. The molecule has 0 aliphatic heterocycles. The van der Waals surface area contributed by atoms with Crippen molar-refractivity contribution in [3.05, 3.63) is 10.4 Å². The van der Waals surface area contributed by atoms with E-state index in [4.69, 9.17) is 52.9 Å². The molecule has 0 fully saturated rings. The van der Waals surface area contributed by atoms with Crippen molar-refractivity contribution in [3.63, 3.8) is 0 Å². The molecule has 0 rings (SSSR count). The van der Waals surface area contributed by atoms with Gasteiger partial charge >= 0.3 is 0 Å². The van der Waals surface area contributed by atoms with E-state index in [1.165, 1.54) is 0 Å². The Kier molecular flexibility index (Phi) is 26.3. The van der Waals surface area contributed by atoms with Crippen LogP contribution in [0.1, 0.15) is 150 Å². The average Bonchev–Trinajstić information content (AvgIpc) is 3.02. The molecule has 0 amide bonds. The quantitative estimate of drug-likeness (QED) is 0.0346. The maximum absolute atomic E-state index is 8.82. The average molecular weight is 792 g/mol. The van der Waals surface area contributed by atoms with Crippen molar-refractivity contribution in [2.45, 2.75) is 215 Å². The fraction of sp³-hybridized carbons (Fsp3) is 1.00. The van der Waals surface area contributed by atoms with E-state index in [0.717, 1.165) is 19.3 Å². The summed E-state index contributed by atoms with van der Waals surface area (Å²) in [5, 5.41) is 3.64. The van der Waals surface area contributed by atoms with E-state index >= 15 is 0 Å². The Morgan fingerprint density at radius 2 is 0.764 bits per heavy atom. The Labute approximate surface area is 336 Å². The Hall–Kier alpha value is -1.09. The maximum Gasteiger partial charge on any atom is 0.133 e. The molecular formula is C42H85N3O10. The first-order chi connectivity index (χ1) is 25.3. The smallest absolute Gasteiger partial charge is 0.133 e. The predicted molar refractivity (Wildman–Crippen MR) is 220 cm³/mol. The molecule has 0 aromatic heterocycles. The molecule has 13 nitrogen and oxygen atoms in total. The highest BCUT2D eigenvalue weighted by Crippen LogP contribution is 2.24. The van der Waals surface area contributed by atoms with Gasteiger partial charge in [0.2, 0.25) is 0 Å². The highest BCUT2D eigenvalue weighted by atomic mass is 16.6. The Bertz CT molecular complexity index is 999. The van der Waals surface area contributed by atoms with E-state index in [0.29, 0.717) is 65.7 Å². The Balaban J connectivity index is 5.31. The van der Waals surface area contributed by atoms with Crippen LogP contribution in [0.4, 0.5) is 0 Å². The molecule has 0 heterocycles. The Morgan fingerprint density at radius 1 is 0.418 bits per heavy atom. The molecular weight excluding hydrogens is 706 g/mol. The molecule has 55 heavy (non-hydrogen) atoms. The molecule has 0 saturated carbocycles. The first-order valence-corrected chi connectivity index (χ1v) is 20.6. The third-order valence-corrected chi connectivity index (χ3v) is 8.92. The van der Waals surface area contributed by atoms with Gasteiger partial charge in [-0.05, 0) is 155 Å². The van der Waals surface area contributed by atoms with Crippen LogP contribution < -0.4 is 0 Å². The lowest BCUT2D eigenvalue weighted by Gasteiger charge is -2.35. The van der Waals surface area contributed by atoms with Crippen LogP contribution in [-0.2, 0) is 47.4 Å². The highest BCUT2D eigenvalue weighted by Gasteiger charge is 2.30. The van der Waals surface area contributed by atoms with E-state index in [2.05, 4.69) is 51.6 Å². The summed E-state index contributed by atoms with van der Waals surface area (Å²) in [7, 11) is 0. The van der Waals surface area contributed by atoms with E-state index in [-0.39, 0.29) is 48.3 Å². The number of ether oxygens (including phenoxy) is 10. The van der Waals surface area contributed by atoms with Gasteiger partial charge in [-0.25, -0.2) is 0 Å². The fourth-order valence-corrected chi connectivity index (χ4v) is 5.03. The van der Waals surface area contributed by atoms with Gasteiger partial charge in [-0.3, -0.25) is 0 Å². The normalized spacial score (nSPS) is 14.7. The number of hydrogen-bond acceptors (Lipinski definition) is 11. The lowest BCUT2D eigenvalue weighted by molar-refractivity contribution is -0.167. The van der Waals surface area contributed by atoms with E-state index < -0.39 is 23.0 Å². The van der Waals surface area contributed by atoms with Crippen molar-refractivity contribution in [1.29, 1.82) is 0 Å². The molecule has 0 aromatic carbocycles. The van der Waals surface area contributed by atoms with Crippen molar-refractivity contribution in [2.24, 2.45) is 5.11 Å². The summed E-state index contributed by atoms with van der Waals surface area (Å²) in [6, 6.07) is 0. The van der Waals surface area contributed by atoms with Crippen LogP contribution in [0, 0.1) is 0 Å². The van der Waals surface area contributed by atoms with Crippen molar-refractivity contribution < 1.29 is 47.4 Å². The lowest BCUT2D eigenvalue weighted by Crippen LogP contribution is -2.41. The second kappa shape index (κ2) is 26.8. The zero-order chi connectivity index (χ0) is 42.3. The molecule has 2 atom stereocenters. The van der Waals surface area contributed by atoms with Gasteiger partial charge in [0.15, 0.2) is 0 Å². The number of rotatable bonds is 35. The zero-order valence-corrected chi connectivity index (χ0v) is 38.3. The number of nitrogens with zero attached hydrogens (tertiary/aromatic N) is 3. The van der Waals surface area contributed by atoms with Crippen molar-refractivity contribution in [2.75, 3.05) is 59.5 Å². The van der Waals surface area contributed by atoms with E-state index in [1.807, 2.05) is 69.2 Å². The first-order valence-electron chi connectivity index (χ1n) is 20.6. The van der Waals surface area contributed by atoms with Gasteiger partial charge in [0.25, 0.3) is 0 Å². The summed E-state index contributed by atoms with van der Waals surface area (Å²) in [5.74, 6) is 0. The molecule has 328 valence electrons. The molecule has 0 radical (unpaired) electrons. The minimum Gasteiger partial charge on any atom is -0.379 e. The van der Waals surface area contributed by atoms with Crippen LogP contribution in [0.5, 0.6) is 0 Å². The summed E-state index contributed by atoms with van der Waals surface area (Å²) < 4.78 is 61.5. The molecule has 0 saturated heterocycles. The van der Waals surface area contributed by atoms with Gasteiger partial charge < -0.3 is 47.4 Å². The first kappa shape index (κ1) is 53.9. The number of azide groups is 1. The monoisotopic (exact) mass is 792 g/mol. The van der Waals surface area contributed by atoms with E-state index in [1.54, 1.807) is 6.92 Å². The van der Waals surface area contributed by atoms with Gasteiger partial charge in [-0.2, -0.15) is 0 Å². The van der Waals surface area contributed by atoms with E-state index in [9.17, 15) is 0 Å². The molecule has 0 bridgehead atoms. The molecule has 0 aliphatic rings. The highest BCUT2D eigenvalue weighted by molar-refractivity contribution is 4.78. The van der Waals surface area contributed by atoms with Crippen molar-refractivity contribution >= 4 is 0 Å². The summed E-state index contributed by atoms with van der Waals surface area (Å²) in [6.07, 6.45) is 2.87. The second-order valence-electron chi connectivity index (χ2n) is 18.5. The molecule has 0 aromatic rings. The minimum absolute atomic E-state index is 0.162. The summed E-state index contributed by atoms with van der Waals surface area (Å²) in [4.78, 5) is 2.85. The fourth-order valence-electron chi connectivity index (χ4n) is 5.03. The largest absolute Gasteiger partial charge is 0.379 e. The van der Waals surface area contributed by atoms with Gasteiger partial charge in [-0.1, -0.05) is 5.11 Å².